The topological polar surface area (TPSA) is 43.6 Å². The summed E-state index contributed by atoms with van der Waals surface area (Å²) in [5.41, 5.74) is 1.07. The molecule has 0 fully saturated rings. The molecule has 2 aromatic rings. The van der Waals surface area contributed by atoms with Gasteiger partial charge in [-0.15, -0.1) is 5.10 Å². The maximum absolute atomic E-state index is 12.6. The van der Waals surface area contributed by atoms with E-state index < -0.39 is 0 Å². The molecule has 0 saturated heterocycles. The fraction of sp³-hybridized carbons (Fsp3) is 0.222. The highest BCUT2D eigenvalue weighted by molar-refractivity contribution is 5.15. The summed E-state index contributed by atoms with van der Waals surface area (Å²) in [6.07, 6.45) is 2.36. The van der Waals surface area contributed by atoms with Gasteiger partial charge in [-0.05, 0) is 34.5 Å². The second-order valence-electron chi connectivity index (χ2n) is 2.95. The Morgan fingerprint density at radius 1 is 1.21 bits per heavy atom. The maximum Gasteiger partial charge on any atom is 0.138 e. The first-order chi connectivity index (χ1) is 6.84. The van der Waals surface area contributed by atoms with E-state index in [2.05, 4.69) is 15.5 Å². The lowest BCUT2D eigenvalue weighted by atomic mass is 10.1. The van der Waals surface area contributed by atoms with Gasteiger partial charge in [-0.2, -0.15) is 0 Å². The Bertz CT molecular complexity index is 382. The van der Waals surface area contributed by atoms with Crippen molar-refractivity contribution in [3.05, 3.63) is 42.0 Å². The molecule has 1 aromatic heterocycles. The van der Waals surface area contributed by atoms with E-state index in [1.165, 1.54) is 12.1 Å². The molecule has 5 heteroatoms. The van der Waals surface area contributed by atoms with Crippen molar-refractivity contribution in [3.63, 3.8) is 0 Å². The van der Waals surface area contributed by atoms with Crippen LogP contribution in [0.3, 0.4) is 0 Å². The predicted octanol–water partition coefficient (Wildman–Crippen LogP) is 1.05. The lowest BCUT2D eigenvalue weighted by Gasteiger charge is -1.99. The first kappa shape index (κ1) is 8.80. The van der Waals surface area contributed by atoms with Gasteiger partial charge >= 0.3 is 0 Å². The third kappa shape index (κ3) is 2.12. The first-order valence-electron chi connectivity index (χ1n) is 4.30. The van der Waals surface area contributed by atoms with Gasteiger partial charge in [0, 0.05) is 6.54 Å². The number of tetrazole rings is 1. The zero-order chi connectivity index (χ0) is 9.80. The summed E-state index contributed by atoms with van der Waals surface area (Å²) in [7, 11) is 0. The van der Waals surface area contributed by atoms with Crippen LogP contribution in [0, 0.1) is 5.82 Å². The number of hydrogen-bond donors (Lipinski definition) is 0. The van der Waals surface area contributed by atoms with Crippen LogP contribution in [0.1, 0.15) is 5.56 Å². The van der Waals surface area contributed by atoms with E-state index in [-0.39, 0.29) is 5.82 Å². The van der Waals surface area contributed by atoms with E-state index in [4.69, 9.17) is 0 Å². The highest BCUT2D eigenvalue weighted by Gasteiger charge is 1.96. The molecule has 0 N–H and O–H groups in total. The average Bonchev–Trinajstić information content (AvgIpc) is 2.70. The molecule has 1 aromatic carbocycles. The molecule has 0 radical (unpaired) electrons. The monoisotopic (exact) mass is 192 g/mol. The van der Waals surface area contributed by atoms with Crippen molar-refractivity contribution in [2.24, 2.45) is 0 Å². The van der Waals surface area contributed by atoms with Crippen molar-refractivity contribution >= 4 is 0 Å². The van der Waals surface area contributed by atoms with E-state index in [9.17, 15) is 4.39 Å². The summed E-state index contributed by atoms with van der Waals surface area (Å²) in [5, 5.41) is 10.8. The van der Waals surface area contributed by atoms with Gasteiger partial charge in [0.1, 0.15) is 12.1 Å². The molecule has 0 unspecified atom stereocenters. The third-order valence-corrected chi connectivity index (χ3v) is 1.93. The van der Waals surface area contributed by atoms with Crippen LogP contribution in [0.2, 0.25) is 0 Å². The molecule has 0 saturated carbocycles. The van der Waals surface area contributed by atoms with Crippen molar-refractivity contribution in [1.82, 2.24) is 20.2 Å². The standard InChI is InChI=1S/C9H9FN4/c10-9-3-1-8(2-4-9)5-6-14-7-11-12-13-14/h1-4,7H,5-6H2. The quantitative estimate of drug-likeness (QED) is 0.730. The van der Waals surface area contributed by atoms with Gasteiger partial charge in [0.2, 0.25) is 0 Å². The maximum atomic E-state index is 12.6. The molecule has 0 aliphatic carbocycles. The Balaban J connectivity index is 1.95. The second kappa shape index (κ2) is 3.95. The van der Waals surface area contributed by atoms with Gasteiger partial charge in [0.05, 0.1) is 0 Å². The van der Waals surface area contributed by atoms with Crippen molar-refractivity contribution in [3.8, 4) is 0 Å². The molecule has 0 spiro atoms. The van der Waals surface area contributed by atoms with Gasteiger partial charge in [-0.25, -0.2) is 9.07 Å². The lowest BCUT2D eigenvalue weighted by molar-refractivity contribution is 0.587. The summed E-state index contributed by atoms with van der Waals surface area (Å²) >= 11 is 0. The molecule has 14 heavy (non-hydrogen) atoms. The fourth-order valence-corrected chi connectivity index (χ4v) is 1.18. The van der Waals surface area contributed by atoms with Crippen molar-refractivity contribution in [1.29, 1.82) is 0 Å². The number of hydrogen-bond acceptors (Lipinski definition) is 3. The summed E-state index contributed by atoms with van der Waals surface area (Å²) < 4.78 is 14.2. The average molecular weight is 192 g/mol. The Morgan fingerprint density at radius 2 is 2.00 bits per heavy atom. The molecule has 0 aliphatic heterocycles. The third-order valence-electron chi connectivity index (χ3n) is 1.93. The second-order valence-corrected chi connectivity index (χ2v) is 2.95. The highest BCUT2D eigenvalue weighted by atomic mass is 19.1. The zero-order valence-corrected chi connectivity index (χ0v) is 7.47. The number of halogens is 1. The highest BCUT2D eigenvalue weighted by Crippen LogP contribution is 2.03. The normalized spacial score (nSPS) is 10.4. The fourth-order valence-electron chi connectivity index (χ4n) is 1.18. The molecule has 0 atom stereocenters. The van der Waals surface area contributed by atoms with Crippen LogP contribution in [0.4, 0.5) is 4.39 Å². The zero-order valence-electron chi connectivity index (χ0n) is 7.47. The van der Waals surface area contributed by atoms with E-state index in [1.54, 1.807) is 23.1 Å². The lowest BCUT2D eigenvalue weighted by Crippen LogP contribution is -2.02. The summed E-state index contributed by atoms with van der Waals surface area (Å²) in [6.45, 7) is 0.707. The van der Waals surface area contributed by atoms with E-state index in [0.717, 1.165) is 12.0 Å². The number of aryl methyl sites for hydroxylation is 2. The van der Waals surface area contributed by atoms with Crippen molar-refractivity contribution in [2.45, 2.75) is 13.0 Å². The molecule has 0 aliphatic rings. The largest absolute Gasteiger partial charge is 0.232 e. The van der Waals surface area contributed by atoms with E-state index in [1.807, 2.05) is 0 Å². The minimum atomic E-state index is -0.212. The van der Waals surface area contributed by atoms with Crippen LogP contribution in [0.15, 0.2) is 30.6 Å². The number of aromatic nitrogens is 4. The van der Waals surface area contributed by atoms with Crippen LogP contribution in [-0.2, 0) is 13.0 Å². The first-order valence-corrected chi connectivity index (χ1v) is 4.30. The van der Waals surface area contributed by atoms with Crippen LogP contribution in [0.25, 0.3) is 0 Å². The number of rotatable bonds is 3. The minimum absolute atomic E-state index is 0.212. The summed E-state index contributed by atoms with van der Waals surface area (Å²) in [5.74, 6) is -0.212. The minimum Gasteiger partial charge on any atom is -0.232 e. The molecule has 1 heterocycles. The number of nitrogens with zero attached hydrogens (tertiary/aromatic N) is 4. The van der Waals surface area contributed by atoms with Crippen LogP contribution >= 0.6 is 0 Å². The summed E-state index contributed by atoms with van der Waals surface area (Å²) in [4.78, 5) is 0. The van der Waals surface area contributed by atoms with Crippen LogP contribution in [-0.4, -0.2) is 20.2 Å². The van der Waals surface area contributed by atoms with Crippen molar-refractivity contribution < 1.29 is 4.39 Å². The SMILES string of the molecule is Fc1ccc(CCn2cnnn2)cc1. The Hall–Kier alpha value is -1.78. The molecular weight excluding hydrogens is 183 g/mol. The smallest absolute Gasteiger partial charge is 0.138 e. The number of benzene rings is 1. The molecule has 2 rings (SSSR count). The Morgan fingerprint density at radius 3 is 2.64 bits per heavy atom. The molecule has 0 bridgehead atoms. The van der Waals surface area contributed by atoms with Gasteiger partial charge in [0.15, 0.2) is 0 Å². The van der Waals surface area contributed by atoms with Gasteiger partial charge in [0.25, 0.3) is 0 Å². The summed E-state index contributed by atoms with van der Waals surface area (Å²) in [6, 6.07) is 6.43. The van der Waals surface area contributed by atoms with Gasteiger partial charge < -0.3 is 0 Å². The molecule has 72 valence electrons. The predicted molar refractivity (Wildman–Crippen MR) is 47.9 cm³/mol. The van der Waals surface area contributed by atoms with Crippen molar-refractivity contribution in [2.75, 3.05) is 0 Å². The van der Waals surface area contributed by atoms with E-state index >= 15 is 0 Å². The van der Waals surface area contributed by atoms with Gasteiger partial charge in [-0.1, -0.05) is 12.1 Å². The van der Waals surface area contributed by atoms with Crippen LogP contribution in [0.5, 0.6) is 0 Å². The molecule has 0 amide bonds. The van der Waals surface area contributed by atoms with Crippen LogP contribution < -0.4 is 0 Å². The molecule has 4 nitrogen and oxygen atoms in total. The Labute approximate surface area is 80.4 Å². The Kier molecular flexibility index (Phi) is 2.48. The van der Waals surface area contributed by atoms with E-state index in [0.29, 0.717) is 6.54 Å². The van der Waals surface area contributed by atoms with Gasteiger partial charge in [-0.3, -0.25) is 0 Å². The molecular formula is C9H9FN4.